The Bertz CT molecular complexity index is 274. The molecule has 0 amide bonds. The summed E-state index contributed by atoms with van der Waals surface area (Å²) in [6, 6.07) is 3.17. The Balaban J connectivity index is 2.89. The maximum atomic E-state index is 12.0. The Morgan fingerprint density at radius 1 is 1.73 bits per heavy atom. The Hall–Kier alpha value is -1.44. The second-order valence-corrected chi connectivity index (χ2v) is 1.88. The first-order valence-corrected chi connectivity index (χ1v) is 2.93. The van der Waals surface area contributed by atoms with Crippen molar-refractivity contribution in [2.24, 2.45) is 0 Å². The molecule has 0 aromatic carbocycles. The van der Waals surface area contributed by atoms with E-state index in [-0.39, 0.29) is 12.1 Å². The van der Waals surface area contributed by atoms with E-state index in [0.29, 0.717) is 4.68 Å². The average molecular weight is 157 g/mol. The van der Waals surface area contributed by atoms with Crippen LogP contribution in [0.1, 0.15) is 12.2 Å². The largest absolute Gasteiger partial charge is 0.333 e. The molecule has 0 saturated heterocycles. The summed E-state index contributed by atoms with van der Waals surface area (Å²) < 4.78 is 24.5. The van der Waals surface area contributed by atoms with Crippen LogP contribution in [-0.2, 0) is 6.42 Å². The molecule has 0 atom stereocenters. The van der Waals surface area contributed by atoms with Gasteiger partial charge in [0, 0.05) is 6.20 Å². The molecule has 1 rings (SSSR count). The van der Waals surface area contributed by atoms with Crippen molar-refractivity contribution < 1.29 is 8.78 Å². The topological polar surface area (TPSA) is 41.6 Å². The SMILES string of the molecule is N#CCc1ccnn1C(F)F. The number of halogens is 2. The number of aromatic nitrogens is 2. The van der Waals surface area contributed by atoms with Gasteiger partial charge in [-0.2, -0.15) is 19.1 Å². The Labute approximate surface area is 61.9 Å². The number of nitrogens with zero attached hydrogens (tertiary/aromatic N) is 3. The molecular weight excluding hydrogens is 152 g/mol. The van der Waals surface area contributed by atoms with Gasteiger partial charge in [-0.25, -0.2) is 4.68 Å². The van der Waals surface area contributed by atoms with Crippen LogP contribution in [0.3, 0.4) is 0 Å². The van der Waals surface area contributed by atoms with Gasteiger partial charge >= 0.3 is 6.55 Å². The maximum Gasteiger partial charge on any atom is 0.333 e. The lowest BCUT2D eigenvalue weighted by atomic mass is 10.3. The third-order valence-corrected chi connectivity index (χ3v) is 1.20. The van der Waals surface area contributed by atoms with Crippen molar-refractivity contribution in [3.63, 3.8) is 0 Å². The zero-order chi connectivity index (χ0) is 8.27. The standard InChI is InChI=1S/C6H5F2N3/c7-6(8)11-5(1-3-9)2-4-10-11/h2,4,6H,1H2. The van der Waals surface area contributed by atoms with Crippen LogP contribution >= 0.6 is 0 Å². The molecule has 1 heterocycles. The van der Waals surface area contributed by atoms with E-state index in [9.17, 15) is 8.78 Å². The van der Waals surface area contributed by atoms with Crippen molar-refractivity contribution in [2.45, 2.75) is 13.0 Å². The molecule has 0 aliphatic heterocycles. The summed E-state index contributed by atoms with van der Waals surface area (Å²) in [6.07, 6.45) is 1.21. The molecule has 58 valence electrons. The predicted molar refractivity (Wildman–Crippen MR) is 32.8 cm³/mol. The van der Waals surface area contributed by atoms with Crippen LogP contribution in [0.25, 0.3) is 0 Å². The molecule has 1 aromatic heterocycles. The van der Waals surface area contributed by atoms with Gasteiger partial charge < -0.3 is 0 Å². The summed E-state index contributed by atoms with van der Waals surface area (Å²) in [7, 11) is 0. The number of hydrogen-bond acceptors (Lipinski definition) is 2. The lowest BCUT2D eigenvalue weighted by Crippen LogP contribution is -2.04. The maximum absolute atomic E-state index is 12.0. The Morgan fingerprint density at radius 3 is 3.00 bits per heavy atom. The second-order valence-electron chi connectivity index (χ2n) is 1.88. The van der Waals surface area contributed by atoms with Crippen molar-refractivity contribution in [2.75, 3.05) is 0 Å². The molecule has 0 fully saturated rings. The third kappa shape index (κ3) is 1.52. The molecule has 0 bridgehead atoms. The van der Waals surface area contributed by atoms with E-state index in [4.69, 9.17) is 5.26 Å². The monoisotopic (exact) mass is 157 g/mol. The summed E-state index contributed by atoms with van der Waals surface area (Å²) >= 11 is 0. The zero-order valence-electron chi connectivity index (χ0n) is 5.54. The van der Waals surface area contributed by atoms with Gasteiger partial charge in [0.15, 0.2) is 0 Å². The highest BCUT2D eigenvalue weighted by atomic mass is 19.3. The van der Waals surface area contributed by atoms with Gasteiger partial charge in [0.2, 0.25) is 0 Å². The fourth-order valence-corrected chi connectivity index (χ4v) is 0.738. The lowest BCUT2D eigenvalue weighted by molar-refractivity contribution is 0.0539. The van der Waals surface area contributed by atoms with Crippen molar-refractivity contribution in [1.82, 2.24) is 9.78 Å². The van der Waals surface area contributed by atoms with E-state index in [1.165, 1.54) is 12.3 Å². The first kappa shape index (κ1) is 7.66. The van der Waals surface area contributed by atoms with Crippen LogP contribution in [0.5, 0.6) is 0 Å². The number of hydrogen-bond donors (Lipinski definition) is 0. The molecule has 0 N–H and O–H groups in total. The van der Waals surface area contributed by atoms with Crippen LogP contribution < -0.4 is 0 Å². The third-order valence-electron chi connectivity index (χ3n) is 1.20. The summed E-state index contributed by atoms with van der Waals surface area (Å²) in [5.74, 6) is 0. The van der Waals surface area contributed by atoms with Crippen LogP contribution in [0, 0.1) is 11.3 Å². The highest BCUT2D eigenvalue weighted by Gasteiger charge is 2.10. The number of alkyl halides is 2. The van der Waals surface area contributed by atoms with Gasteiger partial charge in [-0.05, 0) is 6.07 Å². The summed E-state index contributed by atoms with van der Waals surface area (Å²) in [5, 5.41) is 11.6. The molecule has 0 saturated carbocycles. The lowest BCUT2D eigenvalue weighted by Gasteiger charge is -2.00. The van der Waals surface area contributed by atoms with Gasteiger partial charge in [0.25, 0.3) is 0 Å². The van der Waals surface area contributed by atoms with Gasteiger partial charge in [-0.1, -0.05) is 0 Å². The molecule has 1 aromatic rings. The minimum Gasteiger partial charge on any atom is -0.207 e. The summed E-state index contributed by atoms with van der Waals surface area (Å²) in [6.45, 7) is -2.66. The van der Waals surface area contributed by atoms with Gasteiger partial charge in [0.1, 0.15) is 0 Å². The van der Waals surface area contributed by atoms with E-state index in [2.05, 4.69) is 5.10 Å². The molecule has 0 aliphatic rings. The van der Waals surface area contributed by atoms with Crippen molar-refractivity contribution >= 4 is 0 Å². The highest BCUT2D eigenvalue weighted by Crippen LogP contribution is 2.11. The number of nitriles is 1. The first-order chi connectivity index (χ1) is 5.25. The van der Waals surface area contributed by atoms with Gasteiger partial charge in [-0.15, -0.1) is 0 Å². The van der Waals surface area contributed by atoms with E-state index >= 15 is 0 Å². The molecule has 0 spiro atoms. The van der Waals surface area contributed by atoms with Gasteiger partial charge in [0.05, 0.1) is 18.2 Å². The van der Waals surface area contributed by atoms with Gasteiger partial charge in [-0.3, -0.25) is 0 Å². The molecule has 0 unspecified atom stereocenters. The minimum absolute atomic E-state index is 0.0374. The summed E-state index contributed by atoms with van der Waals surface area (Å²) in [5.41, 5.74) is 0.238. The average Bonchev–Trinajstić information content (AvgIpc) is 2.36. The minimum atomic E-state index is -2.66. The van der Waals surface area contributed by atoms with Crippen molar-refractivity contribution in [1.29, 1.82) is 5.26 Å². The van der Waals surface area contributed by atoms with E-state index < -0.39 is 6.55 Å². The van der Waals surface area contributed by atoms with Crippen LogP contribution in [0.15, 0.2) is 12.3 Å². The fraction of sp³-hybridized carbons (Fsp3) is 0.333. The highest BCUT2D eigenvalue weighted by molar-refractivity contribution is 5.06. The fourth-order valence-electron chi connectivity index (χ4n) is 0.738. The van der Waals surface area contributed by atoms with Crippen molar-refractivity contribution in [3.8, 4) is 6.07 Å². The quantitative estimate of drug-likeness (QED) is 0.650. The van der Waals surface area contributed by atoms with Crippen LogP contribution in [0.4, 0.5) is 8.78 Å². The molecule has 0 aliphatic carbocycles. The zero-order valence-corrected chi connectivity index (χ0v) is 5.54. The molecule has 0 radical (unpaired) electrons. The normalized spacial score (nSPS) is 10.0. The van der Waals surface area contributed by atoms with E-state index in [0.717, 1.165) is 0 Å². The smallest absolute Gasteiger partial charge is 0.207 e. The Morgan fingerprint density at radius 2 is 2.45 bits per heavy atom. The van der Waals surface area contributed by atoms with E-state index in [1.807, 2.05) is 0 Å². The summed E-state index contributed by atoms with van der Waals surface area (Å²) in [4.78, 5) is 0. The molecular formula is C6H5F2N3. The molecule has 5 heteroatoms. The first-order valence-electron chi connectivity index (χ1n) is 2.93. The van der Waals surface area contributed by atoms with E-state index in [1.54, 1.807) is 6.07 Å². The number of rotatable bonds is 2. The molecule has 3 nitrogen and oxygen atoms in total. The van der Waals surface area contributed by atoms with Crippen LogP contribution in [0.2, 0.25) is 0 Å². The second kappa shape index (κ2) is 3.10. The van der Waals surface area contributed by atoms with Crippen molar-refractivity contribution in [3.05, 3.63) is 18.0 Å². The predicted octanol–water partition coefficient (Wildman–Crippen LogP) is 1.34. The van der Waals surface area contributed by atoms with Crippen LogP contribution in [-0.4, -0.2) is 9.78 Å². The Kier molecular flexibility index (Phi) is 2.16. The molecule has 11 heavy (non-hydrogen) atoms.